The van der Waals surface area contributed by atoms with Crippen molar-refractivity contribution in [3.8, 4) is 0 Å². The maximum Gasteiger partial charge on any atom is 0.252 e. The second-order valence-electron chi connectivity index (χ2n) is 4.79. The molecule has 1 aromatic carbocycles. The topological polar surface area (TPSA) is 54.0 Å². The van der Waals surface area contributed by atoms with Crippen LogP contribution in [0.2, 0.25) is 10.0 Å². The van der Waals surface area contributed by atoms with E-state index in [2.05, 4.69) is 22.5 Å². The van der Waals surface area contributed by atoms with E-state index < -0.39 is 0 Å². The number of nitrogens with zero attached hydrogens (tertiary/aromatic N) is 1. The number of halogens is 2. The van der Waals surface area contributed by atoms with Gasteiger partial charge < -0.3 is 10.6 Å². The zero-order chi connectivity index (χ0) is 15.9. The first-order valence-electron chi connectivity index (χ1n) is 7.06. The van der Waals surface area contributed by atoms with Gasteiger partial charge in [-0.25, -0.2) is 0 Å². The third-order valence-electron chi connectivity index (χ3n) is 3.05. The van der Waals surface area contributed by atoms with Crippen LogP contribution in [0.4, 0.5) is 11.4 Å². The van der Waals surface area contributed by atoms with Crippen molar-refractivity contribution >= 4 is 40.5 Å². The predicted octanol–water partition coefficient (Wildman–Crippen LogP) is 4.66. The van der Waals surface area contributed by atoms with E-state index in [0.29, 0.717) is 33.5 Å². The van der Waals surface area contributed by atoms with Gasteiger partial charge in [-0.3, -0.25) is 9.78 Å². The summed E-state index contributed by atoms with van der Waals surface area (Å²) >= 11 is 12.2. The second kappa shape index (κ2) is 8.01. The number of benzene rings is 1. The van der Waals surface area contributed by atoms with E-state index in [-0.39, 0.29) is 5.91 Å². The lowest BCUT2D eigenvalue weighted by molar-refractivity contribution is 0.0953. The van der Waals surface area contributed by atoms with Crippen LogP contribution in [0, 0.1) is 0 Å². The number of carbonyl (C=O) groups excluding carboxylic acids is 1. The minimum absolute atomic E-state index is 0.144. The Kier molecular flexibility index (Phi) is 6.04. The highest BCUT2D eigenvalue weighted by Crippen LogP contribution is 2.32. The summed E-state index contributed by atoms with van der Waals surface area (Å²) in [5.41, 5.74) is 1.73. The fourth-order valence-electron chi connectivity index (χ4n) is 1.87. The maximum atomic E-state index is 12.0. The van der Waals surface area contributed by atoms with E-state index in [1.54, 1.807) is 30.5 Å². The van der Waals surface area contributed by atoms with Crippen LogP contribution in [0.1, 0.15) is 30.1 Å². The molecule has 0 bridgehead atoms. The van der Waals surface area contributed by atoms with Crippen LogP contribution in [-0.4, -0.2) is 17.4 Å². The molecule has 1 aromatic heterocycles. The fraction of sp³-hybridized carbons (Fsp3) is 0.250. The van der Waals surface area contributed by atoms with Gasteiger partial charge in [-0.1, -0.05) is 42.6 Å². The molecule has 2 N–H and O–H groups in total. The molecule has 0 atom stereocenters. The Morgan fingerprint density at radius 1 is 1.23 bits per heavy atom. The molecule has 1 heterocycles. The molecular weight excluding hydrogens is 321 g/mol. The summed E-state index contributed by atoms with van der Waals surface area (Å²) in [5, 5.41) is 6.96. The summed E-state index contributed by atoms with van der Waals surface area (Å²) in [6, 6.07) is 6.97. The number of unbranched alkanes of at least 4 members (excludes halogenated alkanes) is 1. The molecule has 0 saturated heterocycles. The van der Waals surface area contributed by atoms with Gasteiger partial charge in [-0.05, 0) is 24.6 Å². The molecular formula is C16H17Cl2N3O. The van der Waals surface area contributed by atoms with Crippen molar-refractivity contribution in [2.45, 2.75) is 19.8 Å². The smallest absolute Gasteiger partial charge is 0.252 e. The minimum atomic E-state index is -0.144. The van der Waals surface area contributed by atoms with Crippen LogP contribution in [0.25, 0.3) is 0 Å². The molecule has 6 heteroatoms. The molecule has 0 radical (unpaired) electrons. The Hall–Kier alpha value is -1.78. The van der Waals surface area contributed by atoms with Crippen LogP contribution in [-0.2, 0) is 0 Å². The van der Waals surface area contributed by atoms with Crippen molar-refractivity contribution in [1.82, 2.24) is 10.3 Å². The van der Waals surface area contributed by atoms with E-state index >= 15 is 0 Å². The Morgan fingerprint density at radius 2 is 1.95 bits per heavy atom. The number of para-hydroxylation sites is 1. The van der Waals surface area contributed by atoms with Crippen LogP contribution in [0.5, 0.6) is 0 Å². The zero-order valence-electron chi connectivity index (χ0n) is 12.2. The standard InChI is InChI=1S/C16H17Cl2N3O/c1-2-3-7-20-16(22)11-8-12(10-19-9-11)21-15-13(17)5-4-6-14(15)18/h4-6,8-10,21H,2-3,7H2,1H3,(H,20,22). The monoisotopic (exact) mass is 337 g/mol. The van der Waals surface area contributed by atoms with Crippen molar-refractivity contribution in [1.29, 1.82) is 0 Å². The van der Waals surface area contributed by atoms with Gasteiger partial charge in [0.1, 0.15) is 0 Å². The average Bonchev–Trinajstić information content (AvgIpc) is 2.51. The zero-order valence-corrected chi connectivity index (χ0v) is 13.7. The molecule has 0 unspecified atom stereocenters. The van der Waals surface area contributed by atoms with Crippen molar-refractivity contribution < 1.29 is 4.79 Å². The Labute approximate surface area is 139 Å². The molecule has 0 aliphatic rings. The number of nitrogens with one attached hydrogen (secondary N) is 2. The van der Waals surface area contributed by atoms with Crippen LogP contribution < -0.4 is 10.6 Å². The lowest BCUT2D eigenvalue weighted by atomic mass is 10.2. The average molecular weight is 338 g/mol. The molecule has 1 amide bonds. The number of hydrogen-bond donors (Lipinski definition) is 2. The van der Waals surface area contributed by atoms with E-state index in [1.165, 1.54) is 6.20 Å². The summed E-state index contributed by atoms with van der Waals surface area (Å²) in [5.74, 6) is -0.144. The number of amides is 1. The molecule has 116 valence electrons. The van der Waals surface area contributed by atoms with E-state index in [4.69, 9.17) is 23.2 Å². The lowest BCUT2D eigenvalue weighted by Gasteiger charge is -2.11. The van der Waals surface area contributed by atoms with Gasteiger partial charge in [-0.15, -0.1) is 0 Å². The number of carbonyl (C=O) groups is 1. The molecule has 22 heavy (non-hydrogen) atoms. The molecule has 0 spiro atoms. The van der Waals surface area contributed by atoms with E-state index in [9.17, 15) is 4.79 Å². The third kappa shape index (κ3) is 4.36. The highest BCUT2D eigenvalue weighted by molar-refractivity contribution is 6.39. The van der Waals surface area contributed by atoms with Gasteiger partial charge >= 0.3 is 0 Å². The van der Waals surface area contributed by atoms with Crippen molar-refractivity contribution in [2.24, 2.45) is 0 Å². The summed E-state index contributed by atoms with van der Waals surface area (Å²) in [6.45, 7) is 2.73. The summed E-state index contributed by atoms with van der Waals surface area (Å²) < 4.78 is 0. The molecule has 0 aliphatic carbocycles. The number of rotatable bonds is 6. The summed E-state index contributed by atoms with van der Waals surface area (Å²) in [6.07, 6.45) is 5.13. The SMILES string of the molecule is CCCCNC(=O)c1cncc(Nc2c(Cl)cccc2Cl)c1. The first-order valence-corrected chi connectivity index (χ1v) is 7.81. The molecule has 0 saturated carbocycles. The third-order valence-corrected chi connectivity index (χ3v) is 3.68. The van der Waals surface area contributed by atoms with Crippen molar-refractivity contribution in [3.05, 3.63) is 52.3 Å². The van der Waals surface area contributed by atoms with E-state index in [1.807, 2.05) is 0 Å². The van der Waals surface area contributed by atoms with Gasteiger partial charge in [-0.2, -0.15) is 0 Å². The summed E-state index contributed by atoms with van der Waals surface area (Å²) in [7, 11) is 0. The molecule has 2 rings (SSSR count). The quantitative estimate of drug-likeness (QED) is 0.753. The van der Waals surface area contributed by atoms with Gasteiger partial charge in [0, 0.05) is 12.7 Å². The van der Waals surface area contributed by atoms with Crippen LogP contribution >= 0.6 is 23.2 Å². The highest BCUT2D eigenvalue weighted by Gasteiger charge is 2.09. The van der Waals surface area contributed by atoms with Gasteiger partial charge in [0.2, 0.25) is 0 Å². The van der Waals surface area contributed by atoms with E-state index in [0.717, 1.165) is 12.8 Å². The molecule has 4 nitrogen and oxygen atoms in total. The Balaban J connectivity index is 2.13. The summed E-state index contributed by atoms with van der Waals surface area (Å²) in [4.78, 5) is 16.1. The Morgan fingerprint density at radius 3 is 2.64 bits per heavy atom. The fourth-order valence-corrected chi connectivity index (χ4v) is 2.37. The number of aromatic nitrogens is 1. The van der Waals surface area contributed by atoms with Gasteiger partial charge in [0.05, 0.1) is 33.2 Å². The second-order valence-corrected chi connectivity index (χ2v) is 5.61. The normalized spacial score (nSPS) is 10.3. The molecule has 0 aliphatic heterocycles. The Bertz CT molecular complexity index is 641. The highest BCUT2D eigenvalue weighted by atomic mass is 35.5. The van der Waals surface area contributed by atoms with Gasteiger partial charge in [0.15, 0.2) is 0 Å². The molecule has 2 aromatic rings. The lowest BCUT2D eigenvalue weighted by Crippen LogP contribution is -2.24. The molecule has 0 fully saturated rings. The number of pyridine rings is 1. The van der Waals surface area contributed by atoms with Crippen LogP contribution in [0.15, 0.2) is 36.7 Å². The minimum Gasteiger partial charge on any atom is -0.352 e. The number of anilines is 2. The largest absolute Gasteiger partial charge is 0.352 e. The van der Waals surface area contributed by atoms with Crippen molar-refractivity contribution in [2.75, 3.05) is 11.9 Å². The first-order chi connectivity index (χ1) is 10.6. The maximum absolute atomic E-state index is 12.0. The number of hydrogen-bond acceptors (Lipinski definition) is 3. The first kappa shape index (κ1) is 16.6. The van der Waals surface area contributed by atoms with Crippen LogP contribution in [0.3, 0.4) is 0 Å². The van der Waals surface area contributed by atoms with Crippen molar-refractivity contribution in [3.63, 3.8) is 0 Å². The van der Waals surface area contributed by atoms with Gasteiger partial charge in [0.25, 0.3) is 5.91 Å². The predicted molar refractivity (Wildman–Crippen MR) is 91.2 cm³/mol.